The van der Waals surface area contributed by atoms with Gasteiger partial charge in [-0.15, -0.1) is 11.3 Å². The maximum absolute atomic E-state index is 12.6. The van der Waals surface area contributed by atoms with E-state index < -0.39 is 0 Å². The van der Waals surface area contributed by atoms with Crippen molar-refractivity contribution in [2.45, 2.75) is 6.92 Å². The molecule has 0 aliphatic carbocycles. The van der Waals surface area contributed by atoms with Gasteiger partial charge in [0.2, 0.25) is 5.91 Å². The number of hydrogen-bond acceptors (Lipinski definition) is 5. The number of nitrogens with one attached hydrogen (secondary N) is 1. The molecule has 3 aromatic carbocycles. The minimum Gasteiger partial charge on any atom is -0.325 e. The van der Waals surface area contributed by atoms with E-state index in [0.29, 0.717) is 6.54 Å². The van der Waals surface area contributed by atoms with Crippen molar-refractivity contribution in [1.82, 2.24) is 14.8 Å². The highest BCUT2D eigenvalue weighted by Crippen LogP contribution is 2.31. The zero-order valence-corrected chi connectivity index (χ0v) is 20.8. The Morgan fingerprint density at radius 1 is 0.971 bits per heavy atom. The van der Waals surface area contributed by atoms with Gasteiger partial charge in [0.25, 0.3) is 0 Å². The summed E-state index contributed by atoms with van der Waals surface area (Å²) in [6, 6.07) is 24.7. The van der Waals surface area contributed by atoms with Crippen LogP contribution in [0.3, 0.4) is 0 Å². The number of aromatic nitrogens is 1. The monoisotopic (exact) mass is 482 g/mol. The molecular formula is C29H30N4OS. The maximum Gasteiger partial charge on any atom is 0.238 e. The number of piperazine rings is 1. The van der Waals surface area contributed by atoms with Gasteiger partial charge in [-0.25, -0.2) is 4.98 Å². The van der Waals surface area contributed by atoms with Crippen LogP contribution < -0.4 is 5.32 Å². The van der Waals surface area contributed by atoms with Crippen LogP contribution in [-0.2, 0) is 4.79 Å². The van der Waals surface area contributed by atoms with Crippen LogP contribution in [0.15, 0.2) is 78.9 Å². The Labute approximate surface area is 210 Å². The lowest BCUT2D eigenvalue weighted by atomic mass is 10.2. The molecule has 2 heterocycles. The Morgan fingerprint density at radius 3 is 2.49 bits per heavy atom. The largest absolute Gasteiger partial charge is 0.325 e. The van der Waals surface area contributed by atoms with E-state index >= 15 is 0 Å². The SMILES string of the molecule is Cc1ccc2nc(-c3ccc(NC(=O)CN4CCN(CC=Cc5ccccc5)CC4)cc3)sc2c1. The number of benzene rings is 3. The third kappa shape index (κ3) is 6.22. The smallest absolute Gasteiger partial charge is 0.238 e. The number of amides is 1. The Morgan fingerprint density at radius 2 is 1.71 bits per heavy atom. The highest BCUT2D eigenvalue weighted by Gasteiger charge is 2.18. The third-order valence-corrected chi connectivity index (χ3v) is 7.33. The normalized spacial score (nSPS) is 15.1. The van der Waals surface area contributed by atoms with Gasteiger partial charge in [-0.1, -0.05) is 48.6 Å². The Kier molecular flexibility index (Phi) is 7.33. The molecule has 4 aromatic rings. The summed E-state index contributed by atoms with van der Waals surface area (Å²) >= 11 is 1.70. The number of nitrogens with zero attached hydrogens (tertiary/aromatic N) is 3. The minimum absolute atomic E-state index is 0.0330. The fourth-order valence-corrected chi connectivity index (χ4v) is 5.36. The minimum atomic E-state index is 0.0330. The van der Waals surface area contributed by atoms with Crippen molar-refractivity contribution in [1.29, 1.82) is 0 Å². The molecule has 178 valence electrons. The second-order valence-corrected chi connectivity index (χ2v) is 10.0. The van der Waals surface area contributed by atoms with Crippen molar-refractivity contribution in [2.24, 2.45) is 0 Å². The van der Waals surface area contributed by atoms with Crippen LogP contribution in [0.4, 0.5) is 5.69 Å². The first-order valence-electron chi connectivity index (χ1n) is 12.1. The molecule has 5 nitrogen and oxygen atoms in total. The first-order valence-corrected chi connectivity index (χ1v) is 12.9. The van der Waals surface area contributed by atoms with Gasteiger partial charge in [-0.3, -0.25) is 14.6 Å². The van der Waals surface area contributed by atoms with Gasteiger partial charge in [-0.05, 0) is 54.4 Å². The van der Waals surface area contributed by atoms with E-state index in [1.54, 1.807) is 11.3 Å². The Bertz CT molecular complexity index is 1310. The van der Waals surface area contributed by atoms with Crippen LogP contribution in [0, 0.1) is 6.92 Å². The van der Waals surface area contributed by atoms with E-state index in [4.69, 9.17) is 4.98 Å². The lowest BCUT2D eigenvalue weighted by Crippen LogP contribution is -2.48. The van der Waals surface area contributed by atoms with Crippen LogP contribution in [0.25, 0.3) is 26.9 Å². The Balaban J connectivity index is 1.08. The van der Waals surface area contributed by atoms with Gasteiger partial charge >= 0.3 is 0 Å². The molecule has 0 spiro atoms. The summed E-state index contributed by atoms with van der Waals surface area (Å²) in [5.74, 6) is 0.0330. The number of hydrogen-bond donors (Lipinski definition) is 1. The van der Waals surface area contributed by atoms with E-state index in [2.05, 4.69) is 76.7 Å². The molecule has 1 N–H and O–H groups in total. The van der Waals surface area contributed by atoms with Crippen molar-refractivity contribution in [3.63, 3.8) is 0 Å². The van der Waals surface area contributed by atoms with Gasteiger partial charge in [0.05, 0.1) is 16.8 Å². The van der Waals surface area contributed by atoms with Gasteiger partial charge in [0.15, 0.2) is 0 Å². The van der Waals surface area contributed by atoms with Gasteiger partial charge in [-0.2, -0.15) is 0 Å². The molecule has 1 aliphatic rings. The van der Waals surface area contributed by atoms with E-state index in [-0.39, 0.29) is 5.91 Å². The molecule has 1 aliphatic heterocycles. The molecule has 1 saturated heterocycles. The molecule has 1 fully saturated rings. The standard InChI is InChI=1S/C29H30N4OS/c1-22-9-14-26-27(20-22)35-29(31-26)24-10-12-25(13-11-24)30-28(34)21-33-18-16-32(17-19-33)15-5-8-23-6-3-2-4-7-23/h2-14,20H,15-19,21H2,1H3,(H,30,34). The topological polar surface area (TPSA) is 48.5 Å². The molecule has 1 amide bonds. The summed E-state index contributed by atoms with van der Waals surface area (Å²) in [7, 11) is 0. The summed E-state index contributed by atoms with van der Waals surface area (Å²) in [5, 5.41) is 4.04. The molecule has 0 bridgehead atoms. The van der Waals surface area contributed by atoms with Crippen molar-refractivity contribution in [3.05, 3.63) is 90.0 Å². The molecule has 35 heavy (non-hydrogen) atoms. The summed E-state index contributed by atoms with van der Waals surface area (Å²) in [6.07, 6.45) is 4.39. The number of anilines is 1. The average molecular weight is 483 g/mol. The molecule has 1 aromatic heterocycles. The predicted octanol–water partition coefficient (Wildman–Crippen LogP) is 5.54. The van der Waals surface area contributed by atoms with Crippen LogP contribution >= 0.6 is 11.3 Å². The van der Waals surface area contributed by atoms with Gasteiger partial charge in [0, 0.05) is 44.0 Å². The first kappa shape index (κ1) is 23.4. The first-order chi connectivity index (χ1) is 17.1. The highest BCUT2D eigenvalue weighted by atomic mass is 32.1. The predicted molar refractivity (Wildman–Crippen MR) is 147 cm³/mol. The lowest BCUT2D eigenvalue weighted by Gasteiger charge is -2.33. The highest BCUT2D eigenvalue weighted by molar-refractivity contribution is 7.21. The van der Waals surface area contributed by atoms with E-state index in [1.807, 2.05) is 30.3 Å². The Hall–Kier alpha value is -3.32. The molecule has 0 radical (unpaired) electrons. The second-order valence-electron chi connectivity index (χ2n) is 9.01. The second kappa shape index (κ2) is 11.0. The molecule has 0 unspecified atom stereocenters. The molecule has 6 heteroatoms. The van der Waals surface area contributed by atoms with Crippen molar-refractivity contribution in [3.8, 4) is 10.6 Å². The van der Waals surface area contributed by atoms with Crippen LogP contribution in [0.5, 0.6) is 0 Å². The quantitative estimate of drug-likeness (QED) is 0.376. The van der Waals surface area contributed by atoms with E-state index in [9.17, 15) is 4.79 Å². The number of rotatable bonds is 7. The molecular weight excluding hydrogens is 452 g/mol. The molecule has 5 rings (SSSR count). The van der Waals surface area contributed by atoms with Gasteiger partial charge in [0.1, 0.15) is 5.01 Å². The van der Waals surface area contributed by atoms with Crippen molar-refractivity contribution >= 4 is 39.2 Å². The molecule has 0 atom stereocenters. The van der Waals surface area contributed by atoms with Gasteiger partial charge < -0.3 is 5.32 Å². The molecule has 0 saturated carbocycles. The lowest BCUT2D eigenvalue weighted by molar-refractivity contribution is -0.117. The number of carbonyl (C=O) groups is 1. The summed E-state index contributed by atoms with van der Waals surface area (Å²) in [6.45, 7) is 7.22. The third-order valence-electron chi connectivity index (χ3n) is 6.27. The fourth-order valence-electron chi connectivity index (χ4n) is 4.29. The fraction of sp³-hybridized carbons (Fsp3) is 0.241. The van der Waals surface area contributed by atoms with Crippen LogP contribution in [-0.4, -0.2) is 60.0 Å². The van der Waals surface area contributed by atoms with E-state index in [0.717, 1.165) is 54.5 Å². The summed E-state index contributed by atoms with van der Waals surface area (Å²) < 4.78 is 1.20. The number of thiazole rings is 1. The van der Waals surface area contributed by atoms with Crippen molar-refractivity contribution < 1.29 is 4.79 Å². The zero-order chi connectivity index (χ0) is 24.0. The average Bonchev–Trinajstić information content (AvgIpc) is 3.29. The van der Waals surface area contributed by atoms with E-state index in [1.165, 1.54) is 15.8 Å². The number of aryl methyl sites for hydroxylation is 1. The summed E-state index contributed by atoms with van der Waals surface area (Å²) in [4.78, 5) is 22.0. The number of carbonyl (C=O) groups excluding carboxylic acids is 1. The van der Waals surface area contributed by atoms with Crippen LogP contribution in [0.2, 0.25) is 0 Å². The number of fused-ring (bicyclic) bond motifs is 1. The maximum atomic E-state index is 12.6. The zero-order valence-electron chi connectivity index (χ0n) is 20.0. The van der Waals surface area contributed by atoms with Crippen molar-refractivity contribution in [2.75, 3.05) is 44.6 Å². The summed E-state index contributed by atoms with van der Waals surface area (Å²) in [5.41, 5.74) is 5.39. The van der Waals surface area contributed by atoms with Crippen LogP contribution in [0.1, 0.15) is 11.1 Å².